The summed E-state index contributed by atoms with van der Waals surface area (Å²) in [5.74, 6) is 0. The number of hydrogen-bond donors (Lipinski definition) is 0. The van der Waals surface area contributed by atoms with Crippen LogP contribution in [0.1, 0.15) is 64.7 Å². The molecule has 0 aromatic rings. The molecule has 0 nitrogen and oxygen atoms in total. The SMILES string of the molecule is [CH]=CC=CC=CC=CC=CC=CC=CC=CCCCCCCCCCC. The Bertz CT molecular complexity index is 492. The molecule has 0 saturated carbocycles. The van der Waals surface area contributed by atoms with Crippen molar-refractivity contribution in [3.8, 4) is 0 Å². The topological polar surface area (TPSA) is 0 Å². The Morgan fingerprint density at radius 1 is 0.462 bits per heavy atom. The summed E-state index contributed by atoms with van der Waals surface area (Å²) in [6, 6.07) is 0. The molecule has 0 N–H and O–H groups in total. The molecule has 0 aromatic heterocycles. The van der Waals surface area contributed by atoms with Crippen molar-refractivity contribution in [1.29, 1.82) is 0 Å². The van der Waals surface area contributed by atoms with Crippen molar-refractivity contribution in [3.05, 3.63) is 97.7 Å². The predicted octanol–water partition coefficient (Wildman–Crippen LogP) is 8.40. The lowest BCUT2D eigenvalue weighted by Gasteiger charge is -1.99. The second-order valence-corrected chi connectivity index (χ2v) is 6.19. The van der Waals surface area contributed by atoms with Crippen LogP contribution in [0, 0.1) is 6.58 Å². The molecule has 0 aromatic carbocycles. The number of hydrogen-bond acceptors (Lipinski definition) is 0. The van der Waals surface area contributed by atoms with Gasteiger partial charge in [0.05, 0.1) is 0 Å². The molecule has 0 bridgehead atoms. The predicted molar refractivity (Wildman–Crippen MR) is 120 cm³/mol. The van der Waals surface area contributed by atoms with Gasteiger partial charge in [0, 0.05) is 0 Å². The van der Waals surface area contributed by atoms with E-state index in [2.05, 4.69) is 31.2 Å². The zero-order valence-electron chi connectivity index (χ0n) is 16.6. The van der Waals surface area contributed by atoms with Crippen molar-refractivity contribution in [1.82, 2.24) is 0 Å². The fourth-order valence-electron chi connectivity index (χ4n) is 2.34. The molecule has 0 fully saturated rings. The third-order valence-corrected chi connectivity index (χ3v) is 3.80. The summed E-state index contributed by atoms with van der Waals surface area (Å²) in [5.41, 5.74) is 0. The molecule has 0 unspecified atom stereocenters. The molecule has 0 saturated heterocycles. The van der Waals surface area contributed by atoms with Crippen LogP contribution in [0.3, 0.4) is 0 Å². The first-order chi connectivity index (χ1) is 12.9. The Balaban J connectivity index is 3.56. The number of rotatable bonds is 16. The van der Waals surface area contributed by atoms with E-state index in [9.17, 15) is 0 Å². The molecule has 0 amide bonds. The van der Waals surface area contributed by atoms with Crippen LogP contribution in [0.4, 0.5) is 0 Å². The number of unbranched alkanes of at least 4 members (excludes halogenated alkanes) is 8. The smallest absolute Gasteiger partial charge is 0.0348 e. The van der Waals surface area contributed by atoms with Gasteiger partial charge in [-0.2, -0.15) is 0 Å². The van der Waals surface area contributed by atoms with E-state index in [0.717, 1.165) is 0 Å². The van der Waals surface area contributed by atoms with Gasteiger partial charge in [0.1, 0.15) is 0 Å². The van der Waals surface area contributed by atoms with Crippen molar-refractivity contribution < 1.29 is 0 Å². The van der Waals surface area contributed by atoms with Crippen LogP contribution >= 0.6 is 0 Å². The first-order valence-electron chi connectivity index (χ1n) is 10.1. The largest absolute Gasteiger partial charge is 0.0845 e. The van der Waals surface area contributed by atoms with Crippen LogP contribution in [0.2, 0.25) is 0 Å². The third kappa shape index (κ3) is 21.9. The highest BCUT2D eigenvalue weighted by atomic mass is 14.0. The molecule has 1 radical (unpaired) electrons. The van der Waals surface area contributed by atoms with Gasteiger partial charge in [0.25, 0.3) is 0 Å². The normalized spacial score (nSPS) is 13.3. The van der Waals surface area contributed by atoms with Gasteiger partial charge in [-0.3, -0.25) is 0 Å². The Labute approximate surface area is 162 Å². The Morgan fingerprint density at radius 2 is 0.846 bits per heavy atom. The maximum atomic E-state index is 5.23. The molecular formula is C26H37. The first-order valence-corrected chi connectivity index (χ1v) is 10.1. The van der Waals surface area contributed by atoms with Crippen LogP contribution in [-0.4, -0.2) is 0 Å². The van der Waals surface area contributed by atoms with E-state index in [0.29, 0.717) is 0 Å². The minimum absolute atomic E-state index is 1.19. The van der Waals surface area contributed by atoms with Crippen molar-refractivity contribution in [2.45, 2.75) is 64.7 Å². The molecule has 0 aliphatic heterocycles. The number of allylic oxidation sites excluding steroid dienone is 15. The summed E-state index contributed by atoms with van der Waals surface area (Å²) in [7, 11) is 0. The van der Waals surface area contributed by atoms with Crippen molar-refractivity contribution >= 4 is 0 Å². The van der Waals surface area contributed by atoms with E-state index in [1.54, 1.807) is 6.08 Å². The fraction of sp³-hybridized carbons (Fsp3) is 0.385. The monoisotopic (exact) mass is 349 g/mol. The zero-order chi connectivity index (χ0) is 19.0. The Hall–Kier alpha value is -2.08. The highest BCUT2D eigenvalue weighted by molar-refractivity contribution is 5.20. The summed E-state index contributed by atoms with van der Waals surface area (Å²) in [4.78, 5) is 0. The highest BCUT2D eigenvalue weighted by Gasteiger charge is 1.89. The lowest BCUT2D eigenvalue weighted by atomic mass is 10.1. The molecule has 141 valence electrons. The quantitative estimate of drug-likeness (QED) is 0.194. The van der Waals surface area contributed by atoms with E-state index >= 15 is 0 Å². The second kappa shape index (κ2) is 22.9. The maximum absolute atomic E-state index is 5.23. The van der Waals surface area contributed by atoms with E-state index in [1.165, 1.54) is 63.9 Å². The van der Waals surface area contributed by atoms with Gasteiger partial charge < -0.3 is 0 Å². The molecule has 0 rings (SSSR count). The lowest BCUT2D eigenvalue weighted by Crippen LogP contribution is -1.79. The molecular weight excluding hydrogens is 312 g/mol. The highest BCUT2D eigenvalue weighted by Crippen LogP contribution is 2.09. The van der Waals surface area contributed by atoms with Crippen molar-refractivity contribution in [3.63, 3.8) is 0 Å². The van der Waals surface area contributed by atoms with Gasteiger partial charge in [0.2, 0.25) is 0 Å². The van der Waals surface area contributed by atoms with E-state index in [-0.39, 0.29) is 0 Å². The minimum atomic E-state index is 1.19. The molecule has 0 aliphatic carbocycles. The summed E-state index contributed by atoms with van der Waals surface area (Å²) >= 11 is 0. The van der Waals surface area contributed by atoms with E-state index in [4.69, 9.17) is 6.58 Å². The lowest BCUT2D eigenvalue weighted by molar-refractivity contribution is 0.577. The zero-order valence-corrected chi connectivity index (χ0v) is 16.6. The van der Waals surface area contributed by atoms with Crippen LogP contribution in [0.5, 0.6) is 0 Å². The van der Waals surface area contributed by atoms with Gasteiger partial charge >= 0.3 is 0 Å². The average molecular weight is 350 g/mol. The molecule has 0 heteroatoms. The molecule has 0 spiro atoms. The van der Waals surface area contributed by atoms with Gasteiger partial charge in [-0.05, 0) is 12.8 Å². The van der Waals surface area contributed by atoms with Gasteiger partial charge in [-0.15, -0.1) is 0 Å². The van der Waals surface area contributed by atoms with Crippen molar-refractivity contribution in [2.24, 2.45) is 0 Å². The average Bonchev–Trinajstić information content (AvgIpc) is 2.66. The third-order valence-electron chi connectivity index (χ3n) is 3.80. The minimum Gasteiger partial charge on any atom is -0.0845 e. The first kappa shape index (κ1) is 23.9. The maximum Gasteiger partial charge on any atom is -0.0348 e. The van der Waals surface area contributed by atoms with Crippen LogP contribution in [-0.2, 0) is 0 Å². The summed E-state index contributed by atoms with van der Waals surface area (Å²) < 4.78 is 0. The van der Waals surface area contributed by atoms with Gasteiger partial charge in [-0.1, -0.05) is 150 Å². The van der Waals surface area contributed by atoms with E-state index in [1.807, 2.05) is 54.7 Å². The van der Waals surface area contributed by atoms with Crippen LogP contribution in [0.15, 0.2) is 91.1 Å². The van der Waals surface area contributed by atoms with Crippen LogP contribution in [0.25, 0.3) is 0 Å². The summed E-state index contributed by atoms with van der Waals surface area (Å²) in [5, 5.41) is 0. The van der Waals surface area contributed by atoms with Gasteiger partial charge in [-0.25, -0.2) is 0 Å². The molecule has 0 heterocycles. The van der Waals surface area contributed by atoms with E-state index < -0.39 is 0 Å². The second-order valence-electron chi connectivity index (χ2n) is 6.19. The Morgan fingerprint density at radius 3 is 1.31 bits per heavy atom. The standard InChI is InChI=1S/C26H37/c1-3-5-7-9-11-13-15-17-19-21-23-25-26-24-22-20-18-16-14-12-10-8-6-4-2/h1,3,5,7,9,11,13,15,17,19,21-26H,4,6,8,10,12,14,16,18,20H2,2H3. The summed E-state index contributed by atoms with van der Waals surface area (Å²) in [6.45, 7) is 7.50. The summed E-state index contributed by atoms with van der Waals surface area (Å²) in [6.07, 6.45) is 42.0. The van der Waals surface area contributed by atoms with Crippen LogP contribution < -0.4 is 0 Å². The van der Waals surface area contributed by atoms with Gasteiger partial charge in [0.15, 0.2) is 0 Å². The Kier molecular flexibility index (Phi) is 21.1. The fourth-order valence-corrected chi connectivity index (χ4v) is 2.34. The molecule has 0 aliphatic rings. The van der Waals surface area contributed by atoms with Crippen molar-refractivity contribution in [2.75, 3.05) is 0 Å². The molecule has 0 atom stereocenters. The molecule has 26 heavy (non-hydrogen) atoms.